The predicted octanol–water partition coefficient (Wildman–Crippen LogP) is 2.33. The van der Waals surface area contributed by atoms with Gasteiger partial charge >= 0.3 is 0 Å². The van der Waals surface area contributed by atoms with Crippen LogP contribution >= 0.6 is 0 Å². The lowest BCUT2D eigenvalue weighted by Gasteiger charge is -2.05. The Balaban J connectivity index is 1.61. The first-order valence-corrected chi connectivity index (χ1v) is 10.8. The van der Waals surface area contributed by atoms with Gasteiger partial charge in [-0.05, 0) is 37.1 Å². The van der Waals surface area contributed by atoms with Gasteiger partial charge in [0.1, 0.15) is 11.4 Å². The van der Waals surface area contributed by atoms with E-state index in [1.54, 1.807) is 16.9 Å². The smallest absolute Gasteiger partial charge is 0.238 e. The van der Waals surface area contributed by atoms with Crippen molar-refractivity contribution in [3.8, 4) is 11.3 Å². The molecule has 0 atom stereocenters. The molecule has 0 spiro atoms. The van der Waals surface area contributed by atoms with E-state index in [4.69, 9.17) is 5.14 Å². The molecule has 0 aliphatic rings. The van der Waals surface area contributed by atoms with Crippen LogP contribution < -0.4 is 10.5 Å². The Morgan fingerprint density at radius 2 is 1.75 bits per heavy atom. The molecular weight excluding hydrogens is 374 g/mol. The van der Waals surface area contributed by atoms with E-state index in [-0.39, 0.29) is 4.90 Å². The third-order valence-electron chi connectivity index (χ3n) is 4.33. The molecule has 7 nitrogen and oxygen atoms in total. The van der Waals surface area contributed by atoms with Crippen LogP contribution in [0.1, 0.15) is 24.6 Å². The highest BCUT2D eigenvalue weighted by atomic mass is 32.2. The molecule has 3 N–H and O–H groups in total. The quantitative estimate of drug-likeness (QED) is 0.538. The summed E-state index contributed by atoms with van der Waals surface area (Å²) in [6.07, 6.45) is 1.75. The van der Waals surface area contributed by atoms with Gasteiger partial charge < -0.3 is 5.32 Å². The fraction of sp³-hybridized carbons (Fsp3) is 0.300. The minimum Gasteiger partial charge on any atom is -0.311 e. The Hall–Kier alpha value is -2.55. The lowest BCUT2D eigenvalue weighted by atomic mass is 10.1. The van der Waals surface area contributed by atoms with Gasteiger partial charge in [-0.25, -0.2) is 13.6 Å². The largest absolute Gasteiger partial charge is 0.311 e. The Labute approximate surface area is 165 Å². The summed E-state index contributed by atoms with van der Waals surface area (Å²) in [5.41, 5.74) is 3.92. The minimum absolute atomic E-state index is 0.129. The summed E-state index contributed by atoms with van der Waals surface area (Å²) < 4.78 is 22.6. The van der Waals surface area contributed by atoms with E-state index in [2.05, 4.69) is 22.4 Å². The molecule has 0 fully saturated rings. The summed E-state index contributed by atoms with van der Waals surface area (Å²) in [7, 11) is -3.65. The number of nitrogens with two attached hydrogens (primary N) is 1. The van der Waals surface area contributed by atoms with Crippen molar-refractivity contribution >= 4 is 10.0 Å². The summed E-state index contributed by atoms with van der Waals surface area (Å²) >= 11 is 0. The van der Waals surface area contributed by atoms with Gasteiger partial charge in [0, 0.05) is 12.1 Å². The van der Waals surface area contributed by atoms with Crippen LogP contribution in [0.5, 0.6) is 0 Å². The van der Waals surface area contributed by atoms with E-state index in [1.165, 1.54) is 12.1 Å². The summed E-state index contributed by atoms with van der Waals surface area (Å²) in [4.78, 5) is 1.88. The maximum absolute atomic E-state index is 11.3. The van der Waals surface area contributed by atoms with Gasteiger partial charge in [-0.3, -0.25) is 0 Å². The average Bonchev–Trinajstić information content (AvgIpc) is 3.09. The number of nitrogens with zero attached hydrogens (tertiary/aromatic N) is 3. The van der Waals surface area contributed by atoms with E-state index in [9.17, 15) is 8.42 Å². The number of benzene rings is 2. The second kappa shape index (κ2) is 9.09. The Morgan fingerprint density at radius 3 is 2.39 bits per heavy atom. The molecule has 0 amide bonds. The number of rotatable bonds is 9. The highest BCUT2D eigenvalue weighted by molar-refractivity contribution is 7.89. The van der Waals surface area contributed by atoms with E-state index in [0.29, 0.717) is 6.54 Å². The van der Waals surface area contributed by atoms with E-state index < -0.39 is 10.0 Å². The fourth-order valence-electron chi connectivity index (χ4n) is 2.91. The van der Waals surface area contributed by atoms with E-state index in [0.717, 1.165) is 48.4 Å². The number of primary sulfonamides is 1. The molecule has 8 heteroatoms. The lowest BCUT2D eigenvalue weighted by molar-refractivity contribution is 0.521. The molecule has 2 aromatic carbocycles. The van der Waals surface area contributed by atoms with Gasteiger partial charge in [0.2, 0.25) is 10.0 Å². The van der Waals surface area contributed by atoms with Crippen molar-refractivity contribution < 1.29 is 8.42 Å². The van der Waals surface area contributed by atoms with Crippen molar-refractivity contribution in [2.45, 2.75) is 37.8 Å². The molecule has 3 aromatic rings. The highest BCUT2D eigenvalue weighted by Crippen LogP contribution is 2.20. The van der Waals surface area contributed by atoms with Crippen LogP contribution in [0, 0.1) is 0 Å². The van der Waals surface area contributed by atoms with Crippen LogP contribution in [0.3, 0.4) is 0 Å². The minimum atomic E-state index is -3.65. The summed E-state index contributed by atoms with van der Waals surface area (Å²) in [6, 6.07) is 16.7. The molecule has 0 saturated carbocycles. The predicted molar refractivity (Wildman–Crippen MR) is 109 cm³/mol. The van der Waals surface area contributed by atoms with E-state index >= 15 is 0 Å². The number of aromatic nitrogens is 3. The first-order valence-electron chi connectivity index (χ1n) is 9.29. The molecule has 3 rings (SSSR count). The Kier molecular flexibility index (Phi) is 6.56. The van der Waals surface area contributed by atoms with Crippen LogP contribution in [0.15, 0.2) is 59.5 Å². The van der Waals surface area contributed by atoms with Crippen LogP contribution in [-0.2, 0) is 29.5 Å². The average molecular weight is 400 g/mol. The fourth-order valence-corrected chi connectivity index (χ4v) is 3.42. The first kappa shape index (κ1) is 20.2. The van der Waals surface area contributed by atoms with Crippen molar-refractivity contribution in [2.75, 3.05) is 6.54 Å². The molecule has 28 heavy (non-hydrogen) atoms. The number of hydrogen-bond donors (Lipinski definition) is 2. The zero-order valence-corrected chi connectivity index (χ0v) is 16.7. The van der Waals surface area contributed by atoms with Crippen LogP contribution in [-0.4, -0.2) is 30.0 Å². The summed E-state index contributed by atoms with van der Waals surface area (Å²) in [6.45, 7) is 4.24. The second-order valence-electron chi connectivity index (χ2n) is 6.57. The summed E-state index contributed by atoms with van der Waals surface area (Å²) in [5, 5.41) is 17.8. The zero-order chi connectivity index (χ0) is 20.0. The number of hydrogen-bond acceptors (Lipinski definition) is 5. The number of sulfonamides is 1. The second-order valence-corrected chi connectivity index (χ2v) is 8.13. The molecule has 1 aromatic heterocycles. The van der Waals surface area contributed by atoms with Crippen molar-refractivity contribution in [1.29, 1.82) is 0 Å². The monoisotopic (exact) mass is 399 g/mol. The molecule has 148 valence electrons. The molecular formula is C20H25N5O2S. The van der Waals surface area contributed by atoms with Gasteiger partial charge in [0.05, 0.1) is 11.4 Å². The maximum atomic E-state index is 11.3. The molecule has 0 radical (unpaired) electrons. The number of nitrogens with one attached hydrogen (secondary N) is 1. The Morgan fingerprint density at radius 1 is 1.04 bits per heavy atom. The summed E-state index contributed by atoms with van der Waals surface area (Å²) in [5.74, 6) is 0. The van der Waals surface area contributed by atoms with E-state index in [1.807, 2.05) is 30.3 Å². The Bertz CT molecular complexity index is 999. The normalized spacial score (nSPS) is 11.6. The van der Waals surface area contributed by atoms with Crippen molar-refractivity contribution in [3.05, 3.63) is 65.9 Å². The van der Waals surface area contributed by atoms with Crippen molar-refractivity contribution in [3.63, 3.8) is 0 Å². The van der Waals surface area contributed by atoms with Gasteiger partial charge in [0.25, 0.3) is 0 Å². The topological polar surface area (TPSA) is 103 Å². The zero-order valence-electron chi connectivity index (χ0n) is 15.9. The van der Waals surface area contributed by atoms with Crippen LogP contribution in [0.4, 0.5) is 0 Å². The highest BCUT2D eigenvalue weighted by Gasteiger charge is 2.12. The van der Waals surface area contributed by atoms with Crippen LogP contribution in [0.2, 0.25) is 0 Å². The third-order valence-corrected chi connectivity index (χ3v) is 5.26. The molecule has 1 heterocycles. The van der Waals surface area contributed by atoms with Crippen molar-refractivity contribution in [2.24, 2.45) is 5.14 Å². The lowest BCUT2D eigenvalue weighted by Crippen LogP contribution is -2.18. The molecule has 0 aliphatic carbocycles. The first-order chi connectivity index (χ1) is 13.5. The van der Waals surface area contributed by atoms with Gasteiger partial charge in [-0.2, -0.15) is 15.0 Å². The van der Waals surface area contributed by atoms with Gasteiger partial charge in [0.15, 0.2) is 0 Å². The molecule has 0 aliphatic heterocycles. The standard InChI is InChI=1S/C20H25N5O2S/c1-2-14-25-23-19(20(24-25)17-6-4-3-5-7-17)15-22-13-12-16-8-10-18(11-9-16)28(21,26)27/h3-11,22H,2,12-15H2,1H3,(H2,21,26,27). The van der Waals surface area contributed by atoms with Gasteiger partial charge in [-0.15, -0.1) is 0 Å². The third kappa shape index (κ3) is 5.25. The molecule has 0 unspecified atom stereocenters. The number of aryl methyl sites for hydroxylation is 1. The SMILES string of the molecule is CCCn1nc(CNCCc2ccc(S(N)(=O)=O)cc2)c(-c2ccccc2)n1. The molecule has 0 bridgehead atoms. The van der Waals surface area contributed by atoms with Crippen LogP contribution in [0.25, 0.3) is 11.3 Å². The molecule has 0 saturated heterocycles. The maximum Gasteiger partial charge on any atom is 0.238 e. The van der Waals surface area contributed by atoms with Crippen molar-refractivity contribution in [1.82, 2.24) is 20.3 Å². The van der Waals surface area contributed by atoms with Gasteiger partial charge in [-0.1, -0.05) is 49.4 Å².